The number of benzene rings is 2. The van der Waals surface area contributed by atoms with Gasteiger partial charge in [0.2, 0.25) is 12.3 Å². The number of hydrogen-bond donors (Lipinski definition) is 1. The zero-order valence-corrected chi connectivity index (χ0v) is 28.9. The molecule has 0 bridgehead atoms. The lowest BCUT2D eigenvalue weighted by molar-refractivity contribution is -0.118. The second kappa shape index (κ2) is 16.6. The Morgan fingerprint density at radius 2 is 1.77 bits per heavy atom. The minimum atomic E-state index is -0.380. The maximum Gasteiger partial charge on any atom is 0.292 e. The molecule has 1 aliphatic heterocycles. The molecule has 1 aliphatic rings. The van der Waals surface area contributed by atoms with Crippen LogP contribution in [0, 0.1) is 6.92 Å². The van der Waals surface area contributed by atoms with Crippen LogP contribution in [-0.4, -0.2) is 75.2 Å². The Hall–Kier alpha value is -5.10. The van der Waals surface area contributed by atoms with E-state index in [1.54, 1.807) is 18.3 Å². The zero-order chi connectivity index (χ0) is 34.7. The Labute approximate surface area is 282 Å². The highest BCUT2D eigenvalue weighted by atomic mass is 16.5. The highest BCUT2D eigenvalue weighted by Crippen LogP contribution is 2.28. The Morgan fingerprint density at radius 3 is 2.40 bits per heavy atom. The summed E-state index contributed by atoms with van der Waals surface area (Å²) in [6, 6.07) is 18.2. The molecule has 3 aromatic heterocycles. The van der Waals surface area contributed by atoms with Gasteiger partial charge in [-0.25, -0.2) is 9.50 Å². The zero-order valence-electron chi connectivity index (χ0n) is 28.9. The van der Waals surface area contributed by atoms with Gasteiger partial charge in [0, 0.05) is 50.8 Å². The van der Waals surface area contributed by atoms with E-state index in [0.717, 1.165) is 53.1 Å². The van der Waals surface area contributed by atoms with Crippen LogP contribution in [0.5, 0.6) is 0 Å². The van der Waals surface area contributed by atoms with Crippen LogP contribution in [0.4, 0.5) is 5.69 Å². The van der Waals surface area contributed by atoms with E-state index in [1.165, 1.54) is 5.56 Å². The lowest BCUT2D eigenvalue weighted by Crippen LogP contribution is -2.45. The number of aromatic nitrogens is 5. The fraction of sp³-hybridized carbons (Fsp3) is 0.389. The molecule has 4 heterocycles. The molecule has 254 valence electrons. The van der Waals surface area contributed by atoms with Crippen molar-refractivity contribution in [3.63, 3.8) is 0 Å². The van der Waals surface area contributed by atoms with E-state index in [0.29, 0.717) is 32.1 Å². The number of methoxy groups -OCH3 is 1. The van der Waals surface area contributed by atoms with Gasteiger partial charge < -0.3 is 24.4 Å². The van der Waals surface area contributed by atoms with Gasteiger partial charge in [-0.3, -0.25) is 9.59 Å². The van der Waals surface area contributed by atoms with Crippen LogP contribution >= 0.6 is 0 Å². The van der Waals surface area contributed by atoms with Crippen LogP contribution < -0.4 is 10.2 Å². The van der Waals surface area contributed by atoms with Gasteiger partial charge in [-0.05, 0) is 35.7 Å². The average molecular weight is 655 g/mol. The fourth-order valence-corrected chi connectivity index (χ4v) is 5.05. The van der Waals surface area contributed by atoms with E-state index < -0.39 is 0 Å². The van der Waals surface area contributed by atoms with E-state index in [9.17, 15) is 9.59 Å². The normalized spacial score (nSPS) is 12.9. The van der Waals surface area contributed by atoms with Gasteiger partial charge in [-0.15, -0.1) is 0 Å². The van der Waals surface area contributed by atoms with Gasteiger partial charge in [-0.1, -0.05) is 82.2 Å². The van der Waals surface area contributed by atoms with E-state index in [1.807, 2.05) is 94.7 Å². The number of fused-ring (bicyclic) bond motifs is 1. The van der Waals surface area contributed by atoms with E-state index in [2.05, 4.69) is 42.6 Å². The molecule has 5 aromatic rings. The Morgan fingerprint density at radius 1 is 1.04 bits per heavy atom. The first kappa shape index (κ1) is 35.7. The number of nitrogens with zero attached hydrogens (tertiary/aromatic N) is 7. The molecule has 2 aromatic carbocycles. The summed E-state index contributed by atoms with van der Waals surface area (Å²) in [5.74, 6) is 0.0697. The first-order valence-electron chi connectivity index (χ1n) is 16.2. The minimum Gasteiger partial charge on any atom is -0.380 e. The van der Waals surface area contributed by atoms with Gasteiger partial charge in [-0.2, -0.15) is 10.1 Å². The van der Waals surface area contributed by atoms with Crippen LogP contribution in [0.2, 0.25) is 0 Å². The molecule has 1 saturated heterocycles. The monoisotopic (exact) mass is 654 g/mol. The molecule has 0 aliphatic carbocycles. The standard InChI is InChI=1S/C26H30N8O3.C8H10O.C2H6/c1-17-11-18(5-6-19(17)13-27-24(36)23-30-25(37-31-23)26(2,3)4)22-21-12-20(14-34(21)29-15-28-22)33-9-7-32(16-35)8-10-33;1-9-7-8-5-3-2-4-6-8;1-2/h5-6,11-12,14-16H,7-10,13H2,1-4H3,(H,27,36);2-6H,7H2,1H3;1-2H3. The van der Waals surface area contributed by atoms with Crippen molar-refractivity contribution >= 4 is 23.5 Å². The molecular formula is C36H46N8O4. The van der Waals surface area contributed by atoms with Gasteiger partial charge in [0.25, 0.3) is 11.7 Å². The number of carbonyl (C=O) groups excluding carboxylic acids is 2. The molecule has 1 N–H and O–H groups in total. The van der Waals surface area contributed by atoms with Crippen LogP contribution in [0.25, 0.3) is 16.8 Å². The molecule has 12 heteroatoms. The number of piperazine rings is 1. The summed E-state index contributed by atoms with van der Waals surface area (Å²) in [6.45, 7) is 15.9. The third kappa shape index (κ3) is 9.03. The van der Waals surface area contributed by atoms with Crippen molar-refractivity contribution in [2.45, 2.75) is 60.1 Å². The Balaban J connectivity index is 0.000000406. The number of hydrogen-bond acceptors (Lipinski definition) is 9. The van der Waals surface area contributed by atoms with E-state index >= 15 is 0 Å². The predicted molar refractivity (Wildman–Crippen MR) is 186 cm³/mol. The lowest BCUT2D eigenvalue weighted by atomic mass is 9.97. The highest BCUT2D eigenvalue weighted by Gasteiger charge is 2.24. The summed E-state index contributed by atoms with van der Waals surface area (Å²) >= 11 is 0. The molecule has 12 nitrogen and oxygen atoms in total. The van der Waals surface area contributed by atoms with Crippen molar-refractivity contribution in [1.29, 1.82) is 0 Å². The average Bonchev–Trinajstić information content (AvgIpc) is 3.78. The smallest absolute Gasteiger partial charge is 0.292 e. The molecule has 6 rings (SSSR count). The number of carbonyl (C=O) groups is 2. The van der Waals surface area contributed by atoms with Gasteiger partial charge in [0.05, 0.1) is 29.7 Å². The van der Waals surface area contributed by atoms with Crippen molar-refractivity contribution < 1.29 is 18.8 Å². The van der Waals surface area contributed by atoms with E-state index in [4.69, 9.17) is 9.26 Å². The maximum absolute atomic E-state index is 12.5. The number of rotatable bonds is 8. The van der Waals surface area contributed by atoms with Crippen molar-refractivity contribution in [2.24, 2.45) is 0 Å². The van der Waals surface area contributed by atoms with Crippen LogP contribution in [0.15, 0.2) is 71.6 Å². The molecule has 0 spiro atoms. The third-order valence-electron chi connectivity index (χ3n) is 7.70. The summed E-state index contributed by atoms with van der Waals surface area (Å²) in [6.07, 6.45) is 4.45. The number of nitrogens with one attached hydrogen (secondary N) is 1. The van der Waals surface area contributed by atoms with Crippen LogP contribution in [0.3, 0.4) is 0 Å². The number of ether oxygens (including phenoxy) is 1. The third-order valence-corrected chi connectivity index (χ3v) is 7.70. The molecule has 48 heavy (non-hydrogen) atoms. The molecule has 0 radical (unpaired) electrons. The SMILES string of the molecule is CC.COCc1ccccc1.Cc1cc(-c2ncnn3cc(N4CCN(C=O)CC4)cc23)ccc1CNC(=O)c1noc(C(C)(C)C)n1. The van der Waals surface area contributed by atoms with Gasteiger partial charge in [0.15, 0.2) is 0 Å². The molecule has 0 atom stereocenters. The van der Waals surface area contributed by atoms with Gasteiger partial charge >= 0.3 is 0 Å². The number of anilines is 1. The summed E-state index contributed by atoms with van der Waals surface area (Å²) in [7, 11) is 1.70. The topological polar surface area (TPSA) is 131 Å². The fourth-order valence-electron chi connectivity index (χ4n) is 5.05. The van der Waals surface area contributed by atoms with Crippen molar-refractivity contribution in [2.75, 3.05) is 38.2 Å². The molecule has 0 unspecified atom stereocenters. The molecule has 1 fully saturated rings. The summed E-state index contributed by atoms with van der Waals surface area (Å²) in [5, 5.41) is 11.1. The highest BCUT2D eigenvalue weighted by molar-refractivity contribution is 5.90. The van der Waals surface area contributed by atoms with Crippen LogP contribution in [0.1, 0.15) is 67.8 Å². The Bertz CT molecular complexity index is 1770. The second-order valence-electron chi connectivity index (χ2n) is 12.2. The number of aryl methyl sites for hydroxylation is 1. The first-order chi connectivity index (χ1) is 23.2. The van der Waals surface area contributed by atoms with E-state index in [-0.39, 0.29) is 17.1 Å². The van der Waals surface area contributed by atoms with Crippen molar-refractivity contribution in [3.05, 3.63) is 95.5 Å². The largest absolute Gasteiger partial charge is 0.380 e. The van der Waals surface area contributed by atoms with Crippen molar-refractivity contribution in [1.82, 2.24) is 35.0 Å². The number of amides is 2. The van der Waals surface area contributed by atoms with Gasteiger partial charge in [0.1, 0.15) is 6.33 Å². The molecular weight excluding hydrogens is 608 g/mol. The summed E-state index contributed by atoms with van der Waals surface area (Å²) in [4.78, 5) is 36.4. The van der Waals surface area contributed by atoms with Crippen LogP contribution in [-0.2, 0) is 28.1 Å². The first-order valence-corrected chi connectivity index (χ1v) is 16.2. The summed E-state index contributed by atoms with van der Waals surface area (Å²) in [5.41, 5.74) is 6.65. The second-order valence-corrected chi connectivity index (χ2v) is 12.2. The Kier molecular flexibility index (Phi) is 12.4. The summed E-state index contributed by atoms with van der Waals surface area (Å²) < 4.78 is 12.0. The van der Waals surface area contributed by atoms with Crippen molar-refractivity contribution in [3.8, 4) is 11.3 Å². The lowest BCUT2D eigenvalue weighted by Gasteiger charge is -2.33. The molecule has 0 saturated carbocycles. The maximum atomic E-state index is 12.5. The predicted octanol–water partition coefficient (Wildman–Crippen LogP) is 5.45. The quantitative estimate of drug-likeness (QED) is 0.217. The minimum absolute atomic E-state index is 0.0270. The molecule has 2 amide bonds.